The van der Waals surface area contributed by atoms with Crippen LogP contribution in [0.3, 0.4) is 0 Å². The van der Waals surface area contributed by atoms with Gasteiger partial charge in [0, 0.05) is 34.0 Å². The zero-order valence-electron chi connectivity index (χ0n) is 22.7. The van der Waals surface area contributed by atoms with Gasteiger partial charge in [0.1, 0.15) is 5.70 Å². The van der Waals surface area contributed by atoms with Gasteiger partial charge in [-0.05, 0) is 60.5 Å². The van der Waals surface area contributed by atoms with E-state index in [1.54, 1.807) is 54.6 Å². The number of thioether (sulfide) groups is 1. The molecule has 0 heterocycles. The number of hydrogen-bond donors (Lipinski definition) is 3. The summed E-state index contributed by atoms with van der Waals surface area (Å²) in [5.41, 5.74) is 2.12. The minimum Gasteiger partial charge on any atom is -0.325 e. The number of nitrogens with zero attached hydrogens (tertiary/aromatic N) is 1. The number of benzene rings is 4. The monoisotopic (exact) mass is 580 g/mol. The van der Waals surface area contributed by atoms with E-state index < -0.39 is 22.0 Å². The molecule has 0 spiro atoms. The number of amides is 3. The van der Waals surface area contributed by atoms with Crippen LogP contribution >= 0.6 is 11.8 Å². The molecular weight excluding hydrogens is 552 g/mol. The molecule has 10 heteroatoms. The molecule has 9 nitrogen and oxygen atoms in total. The molecule has 0 aliphatic carbocycles. The van der Waals surface area contributed by atoms with Crippen LogP contribution in [0, 0.1) is 10.1 Å². The summed E-state index contributed by atoms with van der Waals surface area (Å²) in [4.78, 5) is 50.3. The molecule has 1 unspecified atom stereocenters. The summed E-state index contributed by atoms with van der Waals surface area (Å²) in [5, 5.41) is 18.8. The summed E-state index contributed by atoms with van der Waals surface area (Å²) in [7, 11) is 0. The van der Waals surface area contributed by atoms with E-state index in [2.05, 4.69) is 16.0 Å². The number of nitrogens with one attached hydrogen (secondary N) is 3. The molecular formula is C32H28N4O5S. The Balaban J connectivity index is 1.46. The first-order valence-electron chi connectivity index (χ1n) is 13.1. The zero-order valence-corrected chi connectivity index (χ0v) is 23.5. The average molecular weight is 581 g/mol. The van der Waals surface area contributed by atoms with Gasteiger partial charge >= 0.3 is 0 Å². The normalized spacial score (nSPS) is 11.7. The van der Waals surface area contributed by atoms with Crippen LogP contribution in [0.1, 0.15) is 29.3 Å². The molecule has 3 amide bonds. The summed E-state index contributed by atoms with van der Waals surface area (Å²) in [6, 6.07) is 30.5. The first kappa shape index (κ1) is 29.8. The molecule has 212 valence electrons. The van der Waals surface area contributed by atoms with Gasteiger partial charge in [0.2, 0.25) is 5.91 Å². The number of carbonyl (C=O) groups is 3. The van der Waals surface area contributed by atoms with Crippen LogP contribution in [-0.2, 0) is 9.59 Å². The van der Waals surface area contributed by atoms with E-state index in [-0.39, 0.29) is 17.3 Å². The van der Waals surface area contributed by atoms with E-state index in [0.29, 0.717) is 23.4 Å². The van der Waals surface area contributed by atoms with Crippen LogP contribution in [0.15, 0.2) is 120 Å². The Kier molecular flexibility index (Phi) is 10.2. The highest BCUT2D eigenvalue weighted by atomic mass is 32.2. The molecule has 0 saturated carbocycles. The number of nitro groups is 1. The van der Waals surface area contributed by atoms with Gasteiger partial charge in [0.15, 0.2) is 0 Å². The zero-order chi connectivity index (χ0) is 29.9. The molecule has 0 saturated heterocycles. The smallest absolute Gasteiger partial charge is 0.272 e. The maximum atomic E-state index is 13.3. The molecule has 3 N–H and O–H groups in total. The van der Waals surface area contributed by atoms with Crippen LogP contribution in [-0.4, -0.2) is 27.9 Å². The van der Waals surface area contributed by atoms with Gasteiger partial charge in [-0.15, -0.1) is 11.8 Å². The van der Waals surface area contributed by atoms with E-state index >= 15 is 0 Å². The molecule has 42 heavy (non-hydrogen) atoms. The van der Waals surface area contributed by atoms with Gasteiger partial charge in [-0.25, -0.2) is 0 Å². The van der Waals surface area contributed by atoms with Crippen molar-refractivity contribution in [2.75, 3.05) is 10.6 Å². The number of non-ortho nitro benzene ring substituents is 1. The largest absolute Gasteiger partial charge is 0.325 e. The predicted molar refractivity (Wildman–Crippen MR) is 165 cm³/mol. The minimum atomic E-state index is -0.506. The fraction of sp³-hybridized carbons (Fsp3) is 0.0938. The van der Waals surface area contributed by atoms with E-state index in [0.717, 1.165) is 10.5 Å². The van der Waals surface area contributed by atoms with E-state index in [9.17, 15) is 24.5 Å². The minimum absolute atomic E-state index is 0.0605. The lowest BCUT2D eigenvalue weighted by molar-refractivity contribution is -0.384. The molecule has 4 aromatic rings. The molecule has 4 rings (SSSR count). The van der Waals surface area contributed by atoms with Gasteiger partial charge < -0.3 is 16.0 Å². The predicted octanol–water partition coefficient (Wildman–Crippen LogP) is 6.51. The van der Waals surface area contributed by atoms with Crippen molar-refractivity contribution in [1.29, 1.82) is 0 Å². The lowest BCUT2D eigenvalue weighted by Gasteiger charge is -2.16. The van der Waals surface area contributed by atoms with Crippen molar-refractivity contribution in [1.82, 2.24) is 5.32 Å². The van der Waals surface area contributed by atoms with E-state index in [1.807, 2.05) is 43.3 Å². The Morgan fingerprint density at radius 2 is 1.50 bits per heavy atom. The van der Waals surface area contributed by atoms with Gasteiger partial charge in [0.05, 0.1) is 10.2 Å². The third-order valence-electron chi connectivity index (χ3n) is 6.02. The number of anilines is 2. The van der Waals surface area contributed by atoms with Crippen molar-refractivity contribution in [3.8, 4) is 0 Å². The Labute approximate surface area is 247 Å². The summed E-state index contributed by atoms with van der Waals surface area (Å²) in [6.07, 6.45) is 2.12. The first-order valence-corrected chi connectivity index (χ1v) is 14.0. The summed E-state index contributed by atoms with van der Waals surface area (Å²) in [5.74, 6) is -1.17. The fourth-order valence-corrected chi connectivity index (χ4v) is 4.89. The van der Waals surface area contributed by atoms with Crippen molar-refractivity contribution in [3.63, 3.8) is 0 Å². The van der Waals surface area contributed by atoms with Crippen LogP contribution in [0.4, 0.5) is 17.1 Å². The molecule has 0 aliphatic rings. The first-order chi connectivity index (χ1) is 20.3. The lowest BCUT2D eigenvalue weighted by Crippen LogP contribution is -2.30. The van der Waals surface area contributed by atoms with Crippen molar-refractivity contribution < 1.29 is 19.3 Å². The molecule has 0 aromatic heterocycles. The van der Waals surface area contributed by atoms with Crippen LogP contribution < -0.4 is 16.0 Å². The van der Waals surface area contributed by atoms with E-state index in [1.165, 1.54) is 36.0 Å². The third kappa shape index (κ3) is 8.39. The Morgan fingerprint density at radius 3 is 2.14 bits per heavy atom. The van der Waals surface area contributed by atoms with Gasteiger partial charge in [-0.1, -0.05) is 61.5 Å². The van der Waals surface area contributed by atoms with Gasteiger partial charge in [-0.2, -0.15) is 0 Å². The van der Waals surface area contributed by atoms with Crippen LogP contribution in [0.25, 0.3) is 6.08 Å². The second kappa shape index (κ2) is 14.4. The number of rotatable bonds is 11. The van der Waals surface area contributed by atoms with Crippen molar-refractivity contribution >= 4 is 52.6 Å². The molecule has 0 bridgehead atoms. The highest BCUT2D eigenvalue weighted by Gasteiger charge is 2.20. The fourth-order valence-electron chi connectivity index (χ4n) is 3.88. The summed E-state index contributed by atoms with van der Waals surface area (Å²) in [6.45, 7) is 1.88. The third-order valence-corrected chi connectivity index (χ3v) is 7.38. The lowest BCUT2D eigenvalue weighted by atomic mass is 10.1. The SMILES string of the molecule is CCC(Sc1cccc(NC(=O)/C(=C/c2ccccc2)NC(=O)c2ccccc2)c1)C(=O)Nc1ccc([N+](=O)[O-])cc1. The number of carbonyl (C=O) groups excluding carboxylic acids is 3. The molecule has 0 radical (unpaired) electrons. The van der Waals surface area contributed by atoms with Crippen LogP contribution in [0.5, 0.6) is 0 Å². The molecule has 0 fully saturated rings. The number of hydrogen-bond acceptors (Lipinski definition) is 6. The average Bonchev–Trinajstić information content (AvgIpc) is 3.00. The quantitative estimate of drug-likeness (QED) is 0.0802. The van der Waals surface area contributed by atoms with Gasteiger partial charge in [0.25, 0.3) is 17.5 Å². The summed E-state index contributed by atoms with van der Waals surface area (Å²) < 4.78 is 0. The van der Waals surface area contributed by atoms with Crippen LogP contribution in [0.2, 0.25) is 0 Å². The number of nitro benzene ring substituents is 1. The van der Waals surface area contributed by atoms with Crippen molar-refractivity contribution in [2.45, 2.75) is 23.5 Å². The molecule has 0 aliphatic heterocycles. The Hall–Kier alpha value is -5.22. The molecule has 4 aromatic carbocycles. The Bertz CT molecular complexity index is 1590. The highest BCUT2D eigenvalue weighted by molar-refractivity contribution is 8.00. The van der Waals surface area contributed by atoms with Crippen molar-refractivity contribution in [3.05, 3.63) is 136 Å². The summed E-state index contributed by atoms with van der Waals surface area (Å²) >= 11 is 1.33. The standard InChI is InChI=1S/C32H28N4O5S/c1-2-29(32(39)33-24-16-18-26(19-17-24)36(40)41)42-27-15-9-14-25(21-27)34-31(38)28(20-22-10-5-3-6-11-22)35-30(37)23-12-7-4-8-13-23/h3-21,29H,2H2,1H3,(H,33,39)(H,34,38)(H,35,37)/b28-20-. The molecule has 1 atom stereocenters. The highest BCUT2D eigenvalue weighted by Crippen LogP contribution is 2.29. The maximum absolute atomic E-state index is 13.3. The van der Waals surface area contributed by atoms with Gasteiger partial charge in [-0.3, -0.25) is 24.5 Å². The second-order valence-corrected chi connectivity index (χ2v) is 10.4. The Morgan fingerprint density at radius 1 is 0.833 bits per heavy atom. The second-order valence-electron chi connectivity index (χ2n) is 9.08. The van der Waals surface area contributed by atoms with Crippen molar-refractivity contribution in [2.24, 2.45) is 0 Å². The van der Waals surface area contributed by atoms with E-state index in [4.69, 9.17) is 0 Å². The maximum Gasteiger partial charge on any atom is 0.272 e. The topological polar surface area (TPSA) is 130 Å².